The summed E-state index contributed by atoms with van der Waals surface area (Å²) in [7, 11) is -3.98. The average molecular weight is 381 g/mol. The number of carbonyl (C=O) groups is 2. The van der Waals surface area contributed by atoms with Crippen molar-refractivity contribution >= 4 is 22.3 Å². The summed E-state index contributed by atoms with van der Waals surface area (Å²) >= 11 is 0. The number of carbonyl (C=O) groups excluding carboxylic acids is 2. The molecular formula is C12H12N3NaO8S. The second kappa shape index (κ2) is 7.07. The molecule has 0 unspecified atom stereocenters. The maximum atomic E-state index is 12.4. The third-order valence-electron chi connectivity index (χ3n) is 3.75. The van der Waals surface area contributed by atoms with Crippen LogP contribution in [0.15, 0.2) is 18.2 Å². The molecule has 1 aromatic carbocycles. The van der Waals surface area contributed by atoms with E-state index >= 15 is 0 Å². The van der Waals surface area contributed by atoms with E-state index in [1.807, 2.05) is 0 Å². The Hall–Kier alpha value is -1.41. The van der Waals surface area contributed by atoms with Crippen LogP contribution in [-0.2, 0) is 24.3 Å². The molecule has 0 aliphatic carbocycles. The number of hydrogen-bond acceptors (Lipinski definition) is 8. The third kappa shape index (κ3) is 3.60. The molecule has 1 saturated heterocycles. The summed E-state index contributed by atoms with van der Waals surface area (Å²) < 4.78 is 36.9. The molecular weight excluding hydrogens is 369 g/mol. The molecule has 0 radical (unpaired) electrons. The van der Waals surface area contributed by atoms with Crippen LogP contribution in [0.2, 0.25) is 0 Å². The van der Waals surface area contributed by atoms with Gasteiger partial charge in [0.25, 0.3) is 5.91 Å². The SMILES string of the molecule is CONC(=O)[C@H]1c2ccc(O)cc2[C@@H]2CN1C(=O)N2OS(=O)(=O)[O-].[Na+]. The number of phenolic OH excluding ortho intramolecular Hbond substituents is 1. The van der Waals surface area contributed by atoms with Crippen LogP contribution >= 0.6 is 0 Å². The molecule has 3 rings (SSSR count). The minimum atomic E-state index is -5.20. The Balaban J connectivity index is 0.00000225. The van der Waals surface area contributed by atoms with Gasteiger partial charge in [0.15, 0.2) is 0 Å². The fourth-order valence-corrected chi connectivity index (χ4v) is 3.29. The molecule has 1 fully saturated rings. The molecule has 0 aromatic heterocycles. The van der Waals surface area contributed by atoms with E-state index < -0.39 is 34.4 Å². The van der Waals surface area contributed by atoms with E-state index in [4.69, 9.17) is 0 Å². The number of nitrogens with one attached hydrogen (secondary N) is 1. The maximum Gasteiger partial charge on any atom is 1.00 e. The van der Waals surface area contributed by atoms with Gasteiger partial charge in [0.1, 0.15) is 17.8 Å². The van der Waals surface area contributed by atoms with Crippen LogP contribution in [0.3, 0.4) is 0 Å². The first-order chi connectivity index (χ1) is 11.2. The van der Waals surface area contributed by atoms with Gasteiger partial charge in [-0.25, -0.2) is 18.7 Å². The molecule has 1 aromatic rings. The van der Waals surface area contributed by atoms with Gasteiger partial charge in [-0.2, -0.15) is 9.35 Å². The minimum absolute atomic E-state index is 0. The van der Waals surface area contributed by atoms with Gasteiger partial charge in [0, 0.05) is 0 Å². The van der Waals surface area contributed by atoms with Crippen molar-refractivity contribution in [2.24, 2.45) is 0 Å². The monoisotopic (exact) mass is 381 g/mol. The molecule has 2 aliphatic heterocycles. The minimum Gasteiger partial charge on any atom is -0.724 e. The fraction of sp³-hybridized carbons (Fsp3) is 0.333. The number of fused-ring (bicyclic) bond motifs is 4. The number of aromatic hydroxyl groups is 1. The molecule has 2 N–H and O–H groups in total. The Morgan fingerprint density at radius 2 is 2.08 bits per heavy atom. The van der Waals surface area contributed by atoms with Crippen molar-refractivity contribution in [1.82, 2.24) is 15.4 Å². The van der Waals surface area contributed by atoms with Gasteiger partial charge >= 0.3 is 35.6 Å². The molecule has 2 bridgehead atoms. The first-order valence-corrected chi connectivity index (χ1v) is 7.97. The van der Waals surface area contributed by atoms with Crippen LogP contribution in [0.4, 0.5) is 4.79 Å². The van der Waals surface area contributed by atoms with E-state index in [0.717, 1.165) is 4.90 Å². The summed E-state index contributed by atoms with van der Waals surface area (Å²) in [6.45, 7) is -0.105. The van der Waals surface area contributed by atoms with Crippen molar-refractivity contribution in [2.45, 2.75) is 12.1 Å². The predicted octanol–water partition coefficient (Wildman–Crippen LogP) is -3.70. The number of urea groups is 1. The molecule has 0 saturated carbocycles. The molecule has 2 heterocycles. The molecule has 25 heavy (non-hydrogen) atoms. The fourth-order valence-electron chi connectivity index (χ4n) is 2.93. The molecule has 2 atom stereocenters. The van der Waals surface area contributed by atoms with Crippen molar-refractivity contribution in [1.29, 1.82) is 0 Å². The quantitative estimate of drug-likeness (QED) is 0.234. The third-order valence-corrected chi connectivity index (χ3v) is 4.09. The number of nitrogens with zero attached hydrogens (tertiary/aromatic N) is 2. The predicted molar refractivity (Wildman–Crippen MR) is 73.5 cm³/mol. The van der Waals surface area contributed by atoms with Crippen molar-refractivity contribution in [2.75, 3.05) is 13.7 Å². The number of amides is 3. The zero-order valence-electron chi connectivity index (χ0n) is 13.2. The van der Waals surface area contributed by atoms with E-state index in [0.29, 0.717) is 10.6 Å². The van der Waals surface area contributed by atoms with Crippen LogP contribution in [0, 0.1) is 0 Å². The largest absolute Gasteiger partial charge is 1.00 e. The van der Waals surface area contributed by atoms with Crippen molar-refractivity contribution in [3.05, 3.63) is 29.3 Å². The van der Waals surface area contributed by atoms with Gasteiger partial charge in [-0.3, -0.25) is 9.63 Å². The Kier molecular flexibility index (Phi) is 5.63. The first-order valence-electron chi connectivity index (χ1n) is 6.64. The Morgan fingerprint density at radius 3 is 2.68 bits per heavy atom. The molecule has 2 aliphatic rings. The summed E-state index contributed by atoms with van der Waals surface area (Å²) in [5.41, 5.74) is 2.74. The summed E-state index contributed by atoms with van der Waals surface area (Å²) in [4.78, 5) is 30.2. The molecule has 3 amide bonds. The van der Waals surface area contributed by atoms with E-state index in [9.17, 15) is 27.7 Å². The second-order valence-corrected chi connectivity index (χ2v) is 6.11. The number of phenols is 1. The number of hydroxylamine groups is 3. The zero-order valence-corrected chi connectivity index (χ0v) is 16.0. The maximum absolute atomic E-state index is 12.4. The molecule has 130 valence electrons. The van der Waals surface area contributed by atoms with Gasteiger partial charge in [-0.1, -0.05) is 6.07 Å². The number of rotatable bonds is 4. The molecule has 13 heteroatoms. The van der Waals surface area contributed by atoms with Gasteiger partial charge < -0.3 is 14.6 Å². The Labute approximate surface area is 164 Å². The van der Waals surface area contributed by atoms with E-state index in [2.05, 4.69) is 14.6 Å². The molecule has 11 nitrogen and oxygen atoms in total. The van der Waals surface area contributed by atoms with Crippen molar-refractivity contribution < 1.29 is 66.3 Å². The van der Waals surface area contributed by atoms with Crippen LogP contribution < -0.4 is 35.0 Å². The van der Waals surface area contributed by atoms with Crippen LogP contribution in [-0.4, -0.2) is 53.6 Å². The van der Waals surface area contributed by atoms with Gasteiger partial charge in [0.2, 0.25) is 10.4 Å². The summed E-state index contributed by atoms with van der Waals surface area (Å²) in [5.74, 6) is -0.833. The second-order valence-electron chi connectivity index (χ2n) is 5.15. The smallest absolute Gasteiger partial charge is 0.724 e. The number of benzene rings is 1. The van der Waals surface area contributed by atoms with E-state index in [1.54, 1.807) is 0 Å². The van der Waals surface area contributed by atoms with Gasteiger partial charge in [-0.15, -0.1) is 0 Å². The van der Waals surface area contributed by atoms with E-state index in [1.165, 1.54) is 25.3 Å². The average Bonchev–Trinajstić information content (AvgIpc) is 2.74. The standard InChI is InChI=1S/C12H13N3O8S.Na/c1-22-13-11(17)10-7-3-2-6(16)4-8(7)9-5-14(10)12(18)15(9)23-24(19,20)21;/h2-4,9-10,16H,5H2,1H3,(H,13,17)(H,19,20,21);/q;+1/p-1/t9-,10+;/m0./s1. The van der Waals surface area contributed by atoms with E-state index in [-0.39, 0.29) is 47.4 Å². The summed E-state index contributed by atoms with van der Waals surface area (Å²) in [6, 6.07) is 0.953. The topological polar surface area (TPSA) is 149 Å². The van der Waals surface area contributed by atoms with Gasteiger partial charge in [0.05, 0.1) is 13.7 Å². The first kappa shape index (κ1) is 19.9. The van der Waals surface area contributed by atoms with Crippen LogP contribution in [0.25, 0.3) is 0 Å². The van der Waals surface area contributed by atoms with Gasteiger partial charge in [-0.05, 0) is 23.3 Å². The normalized spacial score (nSPS) is 21.6. The van der Waals surface area contributed by atoms with Crippen LogP contribution in [0.1, 0.15) is 23.2 Å². The molecule has 0 spiro atoms. The zero-order chi connectivity index (χ0) is 17.6. The Bertz CT molecular complexity index is 817. The number of hydrogen-bond donors (Lipinski definition) is 2. The summed E-state index contributed by atoms with van der Waals surface area (Å²) in [5, 5.41) is 10.1. The van der Waals surface area contributed by atoms with Crippen LogP contribution in [0.5, 0.6) is 5.75 Å². The Morgan fingerprint density at radius 1 is 1.40 bits per heavy atom. The van der Waals surface area contributed by atoms with Crippen molar-refractivity contribution in [3.8, 4) is 5.75 Å². The van der Waals surface area contributed by atoms with Crippen molar-refractivity contribution in [3.63, 3.8) is 0 Å². The summed E-state index contributed by atoms with van der Waals surface area (Å²) in [6.07, 6.45) is 0.